The quantitative estimate of drug-likeness (QED) is 0.875. The van der Waals surface area contributed by atoms with Crippen molar-refractivity contribution in [2.45, 2.75) is 12.6 Å². The molecule has 1 aliphatic heterocycles. The minimum Gasteiger partial charge on any atom is -0.492 e. The maximum absolute atomic E-state index is 10.9. The van der Waals surface area contributed by atoms with Crippen molar-refractivity contribution >= 4 is 5.97 Å². The Morgan fingerprint density at radius 1 is 1.61 bits per heavy atom. The summed E-state index contributed by atoms with van der Waals surface area (Å²) in [5.41, 5.74) is 1.25. The van der Waals surface area contributed by atoms with E-state index in [4.69, 9.17) is 14.6 Å². The van der Waals surface area contributed by atoms with E-state index in [1.807, 2.05) is 13.1 Å². The highest BCUT2D eigenvalue weighted by molar-refractivity contribution is 5.88. The Kier molecular flexibility index (Phi) is 3.84. The number of carbonyl (C=O) groups is 1. The summed E-state index contributed by atoms with van der Waals surface area (Å²) in [4.78, 5) is 13.1. The molecule has 0 unspecified atom stereocenters. The minimum absolute atomic E-state index is 0.177. The van der Waals surface area contributed by atoms with Crippen LogP contribution in [0.5, 0.6) is 5.75 Å². The number of rotatable bonds is 3. The van der Waals surface area contributed by atoms with Crippen LogP contribution in [-0.2, 0) is 11.3 Å². The van der Waals surface area contributed by atoms with Gasteiger partial charge < -0.3 is 14.6 Å². The van der Waals surface area contributed by atoms with Crippen LogP contribution in [0.15, 0.2) is 18.2 Å². The summed E-state index contributed by atoms with van der Waals surface area (Å²) >= 11 is 0. The highest BCUT2D eigenvalue weighted by atomic mass is 16.5. The lowest BCUT2D eigenvalue weighted by Gasteiger charge is -2.23. The molecule has 0 aromatic heterocycles. The zero-order valence-corrected chi connectivity index (χ0v) is 10.5. The van der Waals surface area contributed by atoms with Crippen LogP contribution >= 0.6 is 0 Å². The SMILES string of the molecule is COC[C@@H]1COc2cc(C(=O)O)ccc2CN1C. The normalized spacial score (nSPS) is 19.8. The van der Waals surface area contributed by atoms with Crippen LogP contribution in [0.25, 0.3) is 0 Å². The highest BCUT2D eigenvalue weighted by Crippen LogP contribution is 2.25. The second-order valence-electron chi connectivity index (χ2n) is 4.46. The molecular weight excluding hydrogens is 234 g/mol. The van der Waals surface area contributed by atoms with E-state index >= 15 is 0 Å². The van der Waals surface area contributed by atoms with Crippen LogP contribution in [0, 0.1) is 0 Å². The van der Waals surface area contributed by atoms with Crippen LogP contribution in [0.3, 0.4) is 0 Å². The van der Waals surface area contributed by atoms with Gasteiger partial charge >= 0.3 is 5.97 Å². The molecule has 0 spiro atoms. The van der Waals surface area contributed by atoms with Crippen LogP contribution < -0.4 is 4.74 Å². The number of hydrogen-bond donors (Lipinski definition) is 1. The van der Waals surface area contributed by atoms with Crippen molar-refractivity contribution in [3.8, 4) is 5.75 Å². The molecule has 0 saturated heterocycles. The molecule has 2 rings (SSSR count). The number of benzene rings is 1. The van der Waals surface area contributed by atoms with E-state index in [-0.39, 0.29) is 11.6 Å². The average molecular weight is 251 g/mol. The molecule has 0 saturated carbocycles. The second kappa shape index (κ2) is 5.37. The summed E-state index contributed by atoms with van der Waals surface area (Å²) in [7, 11) is 3.67. The molecule has 1 aliphatic rings. The van der Waals surface area contributed by atoms with Crippen molar-refractivity contribution in [1.82, 2.24) is 4.90 Å². The monoisotopic (exact) mass is 251 g/mol. The molecule has 0 radical (unpaired) electrons. The van der Waals surface area contributed by atoms with Crippen LogP contribution in [0.2, 0.25) is 0 Å². The maximum Gasteiger partial charge on any atom is 0.335 e. The molecule has 0 fully saturated rings. The number of carboxylic acids is 1. The van der Waals surface area contributed by atoms with Gasteiger partial charge in [0.1, 0.15) is 12.4 Å². The first kappa shape index (κ1) is 12.9. The fourth-order valence-electron chi connectivity index (χ4n) is 2.03. The molecule has 5 nitrogen and oxygen atoms in total. The summed E-state index contributed by atoms with van der Waals surface area (Å²) in [6.07, 6.45) is 0. The Morgan fingerprint density at radius 3 is 3.06 bits per heavy atom. The summed E-state index contributed by atoms with van der Waals surface area (Å²) in [5, 5.41) is 8.96. The van der Waals surface area contributed by atoms with E-state index < -0.39 is 5.97 Å². The maximum atomic E-state index is 10.9. The lowest BCUT2D eigenvalue weighted by molar-refractivity contribution is 0.0695. The number of fused-ring (bicyclic) bond motifs is 1. The van der Waals surface area contributed by atoms with Gasteiger partial charge in [0.25, 0.3) is 0 Å². The van der Waals surface area contributed by atoms with Crippen LogP contribution in [0.1, 0.15) is 15.9 Å². The van der Waals surface area contributed by atoms with Gasteiger partial charge in [-0.2, -0.15) is 0 Å². The highest BCUT2D eigenvalue weighted by Gasteiger charge is 2.22. The molecule has 18 heavy (non-hydrogen) atoms. The molecule has 1 aromatic rings. The van der Waals surface area contributed by atoms with Crippen LogP contribution in [0.4, 0.5) is 0 Å². The zero-order chi connectivity index (χ0) is 13.1. The van der Waals surface area contributed by atoms with Crippen molar-refractivity contribution in [2.24, 2.45) is 0 Å². The largest absolute Gasteiger partial charge is 0.492 e. The van der Waals surface area contributed by atoms with Gasteiger partial charge in [-0.3, -0.25) is 4.90 Å². The molecule has 1 atom stereocenters. The Balaban J connectivity index is 2.23. The first-order valence-corrected chi connectivity index (χ1v) is 5.80. The minimum atomic E-state index is -0.938. The lowest BCUT2D eigenvalue weighted by atomic mass is 10.1. The first-order chi connectivity index (χ1) is 8.61. The number of ether oxygens (including phenoxy) is 2. The Morgan fingerprint density at radius 2 is 2.39 bits per heavy atom. The summed E-state index contributed by atoms with van der Waals surface area (Å²) in [5.74, 6) is -0.284. The standard InChI is InChI=1S/C13H17NO4/c1-14-6-10-4-3-9(13(15)16)5-12(10)18-8-11(14)7-17-2/h3-5,11H,6-8H2,1-2H3,(H,15,16)/t11-/m1/s1. The molecular formula is C13H17NO4. The van der Waals surface area contributed by atoms with Gasteiger partial charge in [0, 0.05) is 19.2 Å². The summed E-state index contributed by atoms with van der Waals surface area (Å²) in [6, 6.07) is 5.18. The van der Waals surface area contributed by atoms with Crippen molar-refractivity contribution < 1.29 is 19.4 Å². The van der Waals surface area contributed by atoms with E-state index in [1.54, 1.807) is 19.2 Å². The third kappa shape index (κ3) is 2.63. The Hall–Kier alpha value is -1.59. The number of likely N-dealkylation sites (N-methyl/N-ethyl adjacent to an activating group) is 1. The van der Waals surface area contributed by atoms with E-state index in [0.29, 0.717) is 19.0 Å². The number of carboxylic acid groups (broad SMARTS) is 1. The number of hydrogen-bond acceptors (Lipinski definition) is 4. The first-order valence-electron chi connectivity index (χ1n) is 5.80. The summed E-state index contributed by atoms with van der Waals surface area (Å²) < 4.78 is 10.8. The van der Waals surface area contributed by atoms with Gasteiger partial charge in [-0.25, -0.2) is 4.79 Å². The second-order valence-corrected chi connectivity index (χ2v) is 4.46. The molecule has 5 heteroatoms. The van der Waals surface area contributed by atoms with Gasteiger partial charge in [0.2, 0.25) is 0 Å². The van der Waals surface area contributed by atoms with E-state index in [0.717, 1.165) is 12.1 Å². The molecule has 1 heterocycles. The predicted octanol–water partition coefficient (Wildman–Crippen LogP) is 1.22. The van der Waals surface area contributed by atoms with E-state index in [2.05, 4.69) is 4.90 Å². The van der Waals surface area contributed by atoms with E-state index in [1.165, 1.54) is 0 Å². The predicted molar refractivity (Wildman–Crippen MR) is 66.0 cm³/mol. The van der Waals surface area contributed by atoms with Crippen molar-refractivity contribution in [3.05, 3.63) is 29.3 Å². The van der Waals surface area contributed by atoms with Gasteiger partial charge in [-0.15, -0.1) is 0 Å². The van der Waals surface area contributed by atoms with Crippen molar-refractivity contribution in [1.29, 1.82) is 0 Å². The number of aromatic carboxylic acids is 1. The van der Waals surface area contributed by atoms with E-state index in [9.17, 15) is 4.79 Å². The molecule has 0 amide bonds. The van der Waals surface area contributed by atoms with Gasteiger partial charge in [-0.05, 0) is 19.2 Å². The number of nitrogens with zero attached hydrogens (tertiary/aromatic N) is 1. The molecule has 0 bridgehead atoms. The van der Waals surface area contributed by atoms with Crippen molar-refractivity contribution in [3.63, 3.8) is 0 Å². The molecule has 98 valence electrons. The lowest BCUT2D eigenvalue weighted by Crippen LogP contribution is -2.37. The van der Waals surface area contributed by atoms with Gasteiger partial charge in [0.15, 0.2) is 0 Å². The number of methoxy groups -OCH3 is 1. The topological polar surface area (TPSA) is 59.0 Å². The zero-order valence-electron chi connectivity index (χ0n) is 10.5. The third-order valence-corrected chi connectivity index (χ3v) is 3.15. The fraction of sp³-hybridized carbons (Fsp3) is 0.462. The average Bonchev–Trinajstić information content (AvgIpc) is 2.49. The van der Waals surface area contributed by atoms with Gasteiger partial charge in [0.05, 0.1) is 18.2 Å². The van der Waals surface area contributed by atoms with Crippen LogP contribution in [-0.4, -0.2) is 49.4 Å². The Labute approximate surface area is 106 Å². The van der Waals surface area contributed by atoms with Crippen molar-refractivity contribution in [2.75, 3.05) is 27.4 Å². The molecule has 1 N–H and O–H groups in total. The smallest absolute Gasteiger partial charge is 0.335 e. The Bertz CT molecular complexity index is 447. The summed E-state index contributed by atoms with van der Waals surface area (Å²) in [6.45, 7) is 1.82. The molecule has 1 aromatic carbocycles. The molecule has 0 aliphatic carbocycles. The fourth-order valence-corrected chi connectivity index (χ4v) is 2.03. The van der Waals surface area contributed by atoms with Gasteiger partial charge in [-0.1, -0.05) is 6.07 Å². The third-order valence-electron chi connectivity index (χ3n) is 3.15.